The molecule has 1 saturated heterocycles. The second kappa shape index (κ2) is 8.19. The van der Waals surface area contributed by atoms with Gasteiger partial charge in [0, 0.05) is 30.1 Å². The number of nitrogens with zero attached hydrogens (tertiary/aromatic N) is 1. The number of nitrogens with one attached hydrogen (secondary N) is 1. The van der Waals surface area contributed by atoms with Crippen LogP contribution < -0.4 is 5.32 Å². The second-order valence-electron chi connectivity index (χ2n) is 7.28. The van der Waals surface area contributed by atoms with Crippen molar-refractivity contribution in [1.82, 2.24) is 10.2 Å². The number of benzene rings is 1. The minimum atomic E-state index is -0.903. The van der Waals surface area contributed by atoms with Crippen molar-refractivity contribution in [2.75, 3.05) is 13.1 Å². The topological polar surface area (TPSA) is 78.9 Å². The van der Waals surface area contributed by atoms with Gasteiger partial charge in [0.2, 0.25) is 0 Å². The molecule has 1 aliphatic rings. The first-order chi connectivity index (χ1) is 11.7. The first-order valence-corrected chi connectivity index (χ1v) is 9.13. The molecule has 138 valence electrons. The van der Waals surface area contributed by atoms with E-state index >= 15 is 0 Å². The SMILES string of the molecule is CC(C)(C)OC(=O)N1CCC(NCc2cccc(Br)c2)C(C(=O)O)C1. The summed E-state index contributed by atoms with van der Waals surface area (Å²) in [5, 5.41) is 12.9. The van der Waals surface area contributed by atoms with Crippen molar-refractivity contribution in [3.63, 3.8) is 0 Å². The van der Waals surface area contributed by atoms with Crippen LogP contribution in [-0.4, -0.2) is 46.8 Å². The number of hydrogen-bond donors (Lipinski definition) is 2. The Morgan fingerprint density at radius 3 is 2.72 bits per heavy atom. The number of carbonyl (C=O) groups excluding carboxylic acids is 1. The quantitative estimate of drug-likeness (QED) is 0.793. The van der Waals surface area contributed by atoms with Crippen LogP contribution in [0.2, 0.25) is 0 Å². The monoisotopic (exact) mass is 412 g/mol. The van der Waals surface area contributed by atoms with E-state index in [0.717, 1.165) is 10.0 Å². The highest BCUT2D eigenvalue weighted by atomic mass is 79.9. The third kappa shape index (κ3) is 6.01. The average Bonchev–Trinajstić information content (AvgIpc) is 2.51. The molecule has 1 fully saturated rings. The van der Waals surface area contributed by atoms with Crippen LogP contribution >= 0.6 is 15.9 Å². The highest BCUT2D eigenvalue weighted by Gasteiger charge is 2.37. The standard InChI is InChI=1S/C18H25BrN2O4/c1-18(2,3)25-17(24)21-8-7-15(14(11-21)16(22)23)20-10-12-5-4-6-13(19)9-12/h4-6,9,14-15,20H,7-8,10-11H2,1-3H3,(H,22,23). The maximum absolute atomic E-state index is 12.2. The zero-order valence-corrected chi connectivity index (χ0v) is 16.4. The fourth-order valence-electron chi connectivity index (χ4n) is 2.83. The molecule has 0 aromatic heterocycles. The summed E-state index contributed by atoms with van der Waals surface area (Å²) in [7, 11) is 0. The smallest absolute Gasteiger partial charge is 0.410 e. The van der Waals surface area contributed by atoms with E-state index in [9.17, 15) is 14.7 Å². The summed E-state index contributed by atoms with van der Waals surface area (Å²) in [5.41, 5.74) is 0.485. The van der Waals surface area contributed by atoms with Gasteiger partial charge in [0.05, 0.1) is 5.92 Å². The molecule has 2 atom stereocenters. The predicted molar refractivity (Wildman–Crippen MR) is 98.3 cm³/mol. The van der Waals surface area contributed by atoms with E-state index in [-0.39, 0.29) is 12.6 Å². The molecular weight excluding hydrogens is 388 g/mol. The Labute approximate surface area is 156 Å². The number of hydrogen-bond acceptors (Lipinski definition) is 4. The Morgan fingerprint density at radius 1 is 1.40 bits per heavy atom. The maximum atomic E-state index is 12.2. The van der Waals surface area contributed by atoms with E-state index < -0.39 is 23.6 Å². The van der Waals surface area contributed by atoms with Crippen LogP contribution in [0.1, 0.15) is 32.8 Å². The molecule has 1 aromatic carbocycles. The summed E-state index contributed by atoms with van der Waals surface area (Å²) >= 11 is 3.43. The Kier molecular flexibility index (Phi) is 6.46. The number of carbonyl (C=O) groups is 2. The molecule has 2 unspecified atom stereocenters. The number of rotatable bonds is 4. The van der Waals surface area contributed by atoms with Gasteiger partial charge in [0.1, 0.15) is 5.60 Å². The van der Waals surface area contributed by atoms with Gasteiger partial charge in [0.25, 0.3) is 0 Å². The Hall–Kier alpha value is -1.60. The minimum Gasteiger partial charge on any atom is -0.481 e. The van der Waals surface area contributed by atoms with Crippen LogP contribution in [-0.2, 0) is 16.1 Å². The average molecular weight is 413 g/mol. The lowest BCUT2D eigenvalue weighted by Gasteiger charge is -2.37. The molecule has 2 rings (SSSR count). The van der Waals surface area contributed by atoms with Gasteiger partial charge in [-0.1, -0.05) is 28.1 Å². The van der Waals surface area contributed by atoms with Crippen molar-refractivity contribution in [1.29, 1.82) is 0 Å². The summed E-state index contributed by atoms with van der Waals surface area (Å²) in [4.78, 5) is 25.3. The molecule has 2 N–H and O–H groups in total. The predicted octanol–water partition coefficient (Wildman–Crippen LogP) is 3.25. The molecule has 1 aromatic rings. The van der Waals surface area contributed by atoms with Crippen LogP contribution in [0.5, 0.6) is 0 Å². The molecule has 0 radical (unpaired) electrons. The second-order valence-corrected chi connectivity index (χ2v) is 8.19. The summed E-state index contributed by atoms with van der Waals surface area (Å²) in [6, 6.07) is 7.70. The Balaban J connectivity index is 1.97. The van der Waals surface area contributed by atoms with Gasteiger partial charge in [-0.3, -0.25) is 4.79 Å². The highest BCUT2D eigenvalue weighted by molar-refractivity contribution is 9.10. The molecule has 0 saturated carbocycles. The Morgan fingerprint density at radius 2 is 2.12 bits per heavy atom. The van der Waals surface area contributed by atoms with E-state index in [1.54, 1.807) is 20.8 Å². The lowest BCUT2D eigenvalue weighted by molar-refractivity contribution is -0.144. The first-order valence-electron chi connectivity index (χ1n) is 8.34. The fourth-order valence-corrected chi connectivity index (χ4v) is 3.28. The third-order valence-corrected chi connectivity index (χ3v) is 4.53. The zero-order valence-electron chi connectivity index (χ0n) is 14.8. The minimum absolute atomic E-state index is 0.153. The van der Waals surface area contributed by atoms with Crippen LogP contribution in [0.25, 0.3) is 0 Å². The number of likely N-dealkylation sites (tertiary alicyclic amines) is 1. The van der Waals surface area contributed by atoms with Crippen LogP contribution in [0, 0.1) is 5.92 Å². The van der Waals surface area contributed by atoms with Crippen molar-refractivity contribution in [3.05, 3.63) is 34.3 Å². The van der Waals surface area contributed by atoms with Crippen LogP contribution in [0.15, 0.2) is 28.7 Å². The van der Waals surface area contributed by atoms with E-state index in [0.29, 0.717) is 19.5 Å². The van der Waals surface area contributed by atoms with Crippen molar-refractivity contribution >= 4 is 28.0 Å². The molecule has 1 heterocycles. The number of ether oxygens (including phenoxy) is 1. The fraction of sp³-hybridized carbons (Fsp3) is 0.556. The van der Waals surface area contributed by atoms with Gasteiger partial charge in [0.15, 0.2) is 0 Å². The first kappa shape index (κ1) is 19.7. The summed E-state index contributed by atoms with van der Waals surface area (Å²) in [6.45, 7) is 6.61. The van der Waals surface area contributed by atoms with Gasteiger partial charge in [-0.2, -0.15) is 0 Å². The van der Waals surface area contributed by atoms with E-state index in [4.69, 9.17) is 4.74 Å². The zero-order chi connectivity index (χ0) is 18.6. The van der Waals surface area contributed by atoms with Crippen LogP contribution in [0.4, 0.5) is 4.79 Å². The van der Waals surface area contributed by atoms with Crippen molar-refractivity contribution in [3.8, 4) is 0 Å². The molecule has 7 heteroatoms. The van der Waals surface area contributed by atoms with Crippen molar-refractivity contribution in [2.24, 2.45) is 5.92 Å². The Bertz CT molecular complexity index is 630. The van der Waals surface area contributed by atoms with Gasteiger partial charge in [-0.25, -0.2) is 4.79 Å². The number of piperidine rings is 1. The van der Waals surface area contributed by atoms with Crippen molar-refractivity contribution in [2.45, 2.75) is 45.4 Å². The number of amides is 1. The molecule has 0 spiro atoms. The number of carboxylic acids is 1. The van der Waals surface area contributed by atoms with Gasteiger partial charge in [-0.15, -0.1) is 0 Å². The van der Waals surface area contributed by atoms with Gasteiger partial charge < -0.3 is 20.1 Å². The molecule has 6 nitrogen and oxygen atoms in total. The molecule has 25 heavy (non-hydrogen) atoms. The van der Waals surface area contributed by atoms with Crippen molar-refractivity contribution < 1.29 is 19.4 Å². The van der Waals surface area contributed by atoms with Gasteiger partial charge >= 0.3 is 12.1 Å². The summed E-state index contributed by atoms with van der Waals surface area (Å²) in [5.74, 6) is -1.56. The summed E-state index contributed by atoms with van der Waals surface area (Å²) in [6.07, 6.45) is 0.119. The molecule has 0 aliphatic carbocycles. The lowest BCUT2D eigenvalue weighted by atomic mass is 9.92. The number of halogens is 1. The number of carboxylic acid groups (broad SMARTS) is 1. The number of aliphatic carboxylic acids is 1. The highest BCUT2D eigenvalue weighted by Crippen LogP contribution is 2.21. The molecular formula is C18H25BrN2O4. The van der Waals surface area contributed by atoms with E-state index in [1.807, 2.05) is 24.3 Å². The normalized spacial score (nSPS) is 21.0. The van der Waals surface area contributed by atoms with Crippen LogP contribution in [0.3, 0.4) is 0 Å². The maximum Gasteiger partial charge on any atom is 0.410 e. The third-order valence-electron chi connectivity index (χ3n) is 4.04. The van der Waals surface area contributed by atoms with E-state index in [2.05, 4.69) is 21.2 Å². The molecule has 1 aliphatic heterocycles. The lowest BCUT2D eigenvalue weighted by Crippen LogP contribution is -2.54. The largest absolute Gasteiger partial charge is 0.481 e. The molecule has 1 amide bonds. The van der Waals surface area contributed by atoms with E-state index in [1.165, 1.54) is 4.90 Å². The summed E-state index contributed by atoms with van der Waals surface area (Å²) < 4.78 is 6.34. The molecule has 0 bridgehead atoms. The van der Waals surface area contributed by atoms with Gasteiger partial charge in [-0.05, 0) is 44.9 Å².